The summed E-state index contributed by atoms with van der Waals surface area (Å²) in [6, 6.07) is 4.97. The Balaban J connectivity index is 0.00000481. The van der Waals surface area contributed by atoms with Crippen LogP contribution < -0.4 is 9.64 Å². The molecule has 9 nitrogen and oxygen atoms in total. The van der Waals surface area contributed by atoms with Gasteiger partial charge in [-0.1, -0.05) is 20.8 Å². The second-order valence-corrected chi connectivity index (χ2v) is 10.0. The zero-order valence-corrected chi connectivity index (χ0v) is 24.1. The molecule has 1 aromatic heterocycles. The van der Waals surface area contributed by atoms with Crippen LogP contribution in [0, 0.1) is 19.3 Å². The number of carboxylic acid groups (broad SMARTS) is 1. The summed E-state index contributed by atoms with van der Waals surface area (Å²) in [5, 5.41) is 17.9. The number of aryl methyl sites for hydroxylation is 1. The Kier molecular flexibility index (Phi) is 9.24. The molecule has 200 valence electrons. The van der Waals surface area contributed by atoms with Crippen LogP contribution in [0.3, 0.4) is 0 Å². The van der Waals surface area contributed by atoms with E-state index in [2.05, 4.69) is 4.98 Å². The Morgan fingerprint density at radius 1 is 1.22 bits per heavy atom. The summed E-state index contributed by atoms with van der Waals surface area (Å²) >= 11 is 0. The largest absolute Gasteiger partial charge is 0.492 e. The number of amidine groups is 1. The fraction of sp³-hybridized carbons (Fsp3) is 0.444. The lowest BCUT2D eigenvalue weighted by atomic mass is 9.84. The van der Waals surface area contributed by atoms with Crippen LogP contribution in [-0.4, -0.2) is 58.2 Å². The Morgan fingerprint density at radius 3 is 2.41 bits per heavy atom. The normalized spacial score (nSPS) is 12.6. The molecule has 0 bridgehead atoms. The average Bonchev–Trinajstić information content (AvgIpc) is 3.09. The van der Waals surface area contributed by atoms with Crippen LogP contribution in [0.4, 0.5) is 5.69 Å². The van der Waals surface area contributed by atoms with E-state index in [1.165, 1.54) is 11.8 Å². The molecule has 0 radical (unpaired) electrons. The fourth-order valence-corrected chi connectivity index (χ4v) is 4.48. The second kappa shape index (κ2) is 11.4. The van der Waals surface area contributed by atoms with Crippen molar-refractivity contribution in [2.24, 2.45) is 0 Å². The highest BCUT2D eigenvalue weighted by Gasteiger charge is 2.32. The Morgan fingerprint density at radius 2 is 1.86 bits per heavy atom. The van der Waals surface area contributed by atoms with Crippen molar-refractivity contribution in [3.63, 3.8) is 0 Å². The molecule has 3 rings (SSSR count). The standard InChI is InChI=1S/C27H34N4O5.BrH/c1-8-36-25-15(2)19-12-30(26(28)24(19)29-16(25)3)13-22(33)18-9-10-21(20(11-18)27(5,6)7)31(17(4)32)14-23(34)35;/h9-11,28H,8,12-14H2,1-7H3,(H,34,35);1H. The zero-order chi connectivity index (χ0) is 26.9. The third kappa shape index (κ3) is 6.18. The van der Waals surface area contributed by atoms with Crippen molar-refractivity contribution >= 4 is 46.2 Å². The SMILES string of the molecule is Br.CCOc1c(C)nc2c(c1C)CN(CC(=O)c1ccc(N(CC(=O)O)C(C)=O)c(C(C)(C)C)c1)C2=N. The van der Waals surface area contributed by atoms with Crippen molar-refractivity contribution in [3.8, 4) is 5.75 Å². The van der Waals surface area contributed by atoms with E-state index in [0.717, 1.165) is 16.9 Å². The number of anilines is 1. The molecule has 0 fully saturated rings. The van der Waals surface area contributed by atoms with Gasteiger partial charge in [0, 0.05) is 35.8 Å². The second-order valence-electron chi connectivity index (χ2n) is 10.0. The lowest BCUT2D eigenvalue weighted by molar-refractivity contribution is -0.136. The molecular formula is C27H35BrN4O5. The first-order valence-electron chi connectivity index (χ1n) is 11.9. The Hall–Kier alpha value is -3.27. The number of hydrogen-bond donors (Lipinski definition) is 2. The van der Waals surface area contributed by atoms with Crippen molar-refractivity contribution in [3.05, 3.63) is 51.8 Å². The minimum Gasteiger partial charge on any atom is -0.492 e. The number of halogens is 1. The highest BCUT2D eigenvalue weighted by Crippen LogP contribution is 2.35. The van der Waals surface area contributed by atoms with Gasteiger partial charge in [-0.2, -0.15) is 0 Å². The van der Waals surface area contributed by atoms with Crippen LogP contribution in [0.1, 0.15) is 73.1 Å². The molecule has 0 saturated heterocycles. The van der Waals surface area contributed by atoms with Gasteiger partial charge in [0.25, 0.3) is 0 Å². The van der Waals surface area contributed by atoms with Gasteiger partial charge in [0.1, 0.15) is 23.8 Å². The predicted molar refractivity (Wildman–Crippen MR) is 148 cm³/mol. The summed E-state index contributed by atoms with van der Waals surface area (Å²) in [5.74, 6) is -0.779. The number of ether oxygens (including phenoxy) is 1. The number of aliphatic carboxylic acids is 1. The molecule has 1 aliphatic rings. The molecule has 0 atom stereocenters. The molecule has 1 aromatic carbocycles. The first kappa shape index (κ1) is 30.0. The van der Waals surface area contributed by atoms with Crippen LogP contribution in [0.2, 0.25) is 0 Å². The van der Waals surface area contributed by atoms with Crippen molar-refractivity contribution in [2.75, 3.05) is 24.6 Å². The first-order valence-corrected chi connectivity index (χ1v) is 11.9. The Labute approximate surface area is 228 Å². The van der Waals surface area contributed by atoms with Crippen molar-refractivity contribution < 1.29 is 24.2 Å². The minimum atomic E-state index is -1.12. The number of pyridine rings is 1. The summed E-state index contributed by atoms with van der Waals surface area (Å²) in [7, 11) is 0. The van der Waals surface area contributed by atoms with Gasteiger partial charge in [0.15, 0.2) is 5.78 Å². The van der Waals surface area contributed by atoms with Crippen LogP contribution in [0.5, 0.6) is 5.75 Å². The zero-order valence-electron chi connectivity index (χ0n) is 22.4. The van der Waals surface area contributed by atoms with Crippen molar-refractivity contribution in [1.82, 2.24) is 9.88 Å². The van der Waals surface area contributed by atoms with Gasteiger partial charge in [-0.15, -0.1) is 17.0 Å². The molecule has 0 aliphatic carbocycles. The molecule has 37 heavy (non-hydrogen) atoms. The highest BCUT2D eigenvalue weighted by molar-refractivity contribution is 8.93. The fourth-order valence-electron chi connectivity index (χ4n) is 4.48. The molecule has 1 aliphatic heterocycles. The maximum atomic E-state index is 13.3. The molecule has 0 spiro atoms. The number of nitrogens with one attached hydrogen (secondary N) is 1. The summed E-state index contributed by atoms with van der Waals surface area (Å²) in [5.41, 5.74) is 4.24. The molecule has 2 heterocycles. The molecule has 0 saturated carbocycles. The van der Waals surface area contributed by atoms with Gasteiger partial charge in [0.2, 0.25) is 5.91 Å². The number of rotatable bonds is 8. The predicted octanol–water partition coefficient (Wildman–Crippen LogP) is 4.43. The minimum absolute atomic E-state index is 0. The molecule has 10 heteroatoms. The average molecular weight is 576 g/mol. The van der Waals surface area contributed by atoms with Crippen LogP contribution >= 0.6 is 17.0 Å². The summed E-state index contributed by atoms with van der Waals surface area (Å²) in [6.07, 6.45) is 0. The van der Waals surface area contributed by atoms with Crippen molar-refractivity contribution in [1.29, 1.82) is 5.41 Å². The van der Waals surface area contributed by atoms with E-state index in [4.69, 9.17) is 10.1 Å². The Bertz CT molecular complexity index is 1250. The van der Waals surface area contributed by atoms with E-state index in [1.807, 2.05) is 41.5 Å². The van der Waals surface area contributed by atoms with Crippen LogP contribution in [0.25, 0.3) is 0 Å². The summed E-state index contributed by atoms with van der Waals surface area (Å²) < 4.78 is 5.75. The topological polar surface area (TPSA) is 124 Å². The summed E-state index contributed by atoms with van der Waals surface area (Å²) in [6.45, 7) is 13.3. The van der Waals surface area contributed by atoms with Gasteiger partial charge in [-0.25, -0.2) is 4.98 Å². The van der Waals surface area contributed by atoms with Gasteiger partial charge in [-0.3, -0.25) is 19.8 Å². The number of hydrogen-bond acceptors (Lipinski definition) is 6. The molecule has 2 N–H and O–H groups in total. The highest BCUT2D eigenvalue weighted by atomic mass is 79.9. The maximum absolute atomic E-state index is 13.3. The number of ketones is 1. The number of Topliss-reactive ketones (excluding diaryl/α,β-unsaturated/α-hetero) is 1. The molecule has 1 amide bonds. The maximum Gasteiger partial charge on any atom is 0.323 e. The quantitative estimate of drug-likeness (QED) is 0.447. The number of carbonyl (C=O) groups excluding carboxylic acids is 2. The number of carbonyl (C=O) groups is 3. The van der Waals surface area contributed by atoms with Crippen LogP contribution in [0.15, 0.2) is 18.2 Å². The van der Waals surface area contributed by atoms with E-state index in [9.17, 15) is 19.5 Å². The van der Waals surface area contributed by atoms with E-state index in [0.29, 0.717) is 41.4 Å². The number of benzene rings is 1. The lowest BCUT2D eigenvalue weighted by Crippen LogP contribution is -2.36. The number of nitrogens with zero attached hydrogens (tertiary/aromatic N) is 3. The van der Waals surface area contributed by atoms with Gasteiger partial charge in [-0.05, 0) is 49.9 Å². The first-order chi connectivity index (χ1) is 16.8. The van der Waals surface area contributed by atoms with E-state index in [-0.39, 0.29) is 35.1 Å². The molecule has 0 unspecified atom stereocenters. The van der Waals surface area contributed by atoms with Gasteiger partial charge in [0.05, 0.1) is 18.8 Å². The number of carboxylic acids is 1. The molecular weight excluding hydrogens is 540 g/mol. The van der Waals surface area contributed by atoms with Crippen molar-refractivity contribution in [2.45, 2.75) is 60.4 Å². The van der Waals surface area contributed by atoms with E-state index in [1.54, 1.807) is 23.1 Å². The van der Waals surface area contributed by atoms with E-state index >= 15 is 0 Å². The third-order valence-electron chi connectivity index (χ3n) is 6.29. The lowest BCUT2D eigenvalue weighted by Gasteiger charge is -2.29. The number of fused-ring (bicyclic) bond motifs is 1. The summed E-state index contributed by atoms with van der Waals surface area (Å²) in [4.78, 5) is 44.4. The molecule has 2 aromatic rings. The van der Waals surface area contributed by atoms with Crippen LogP contribution in [-0.2, 0) is 21.5 Å². The number of amides is 1. The monoisotopic (exact) mass is 574 g/mol. The van der Waals surface area contributed by atoms with Gasteiger partial charge >= 0.3 is 5.97 Å². The van der Waals surface area contributed by atoms with E-state index < -0.39 is 23.8 Å². The van der Waals surface area contributed by atoms with Gasteiger partial charge < -0.3 is 19.6 Å². The number of aromatic nitrogens is 1. The third-order valence-corrected chi connectivity index (χ3v) is 6.29. The smallest absolute Gasteiger partial charge is 0.323 e.